The molecule has 1 heterocycles. The summed E-state index contributed by atoms with van der Waals surface area (Å²) in [6, 6.07) is 14.0. The van der Waals surface area contributed by atoms with E-state index in [1.165, 1.54) is 5.56 Å². The minimum Gasteiger partial charge on any atom is -0.497 e. The molecule has 0 amide bonds. The Morgan fingerprint density at radius 2 is 1.68 bits per heavy atom. The average Bonchev–Trinajstić information content (AvgIpc) is 2.79. The van der Waals surface area contributed by atoms with Gasteiger partial charge in [0.2, 0.25) is 11.9 Å². The Hall–Kier alpha value is -3.39. The first-order valence-corrected chi connectivity index (χ1v) is 10.4. The maximum atomic E-state index is 5.95. The van der Waals surface area contributed by atoms with Crippen molar-refractivity contribution >= 4 is 17.6 Å². The van der Waals surface area contributed by atoms with Crippen LogP contribution in [0.25, 0.3) is 0 Å². The van der Waals surface area contributed by atoms with Crippen molar-refractivity contribution < 1.29 is 9.47 Å². The third kappa shape index (κ3) is 5.82. The lowest BCUT2D eigenvalue weighted by Crippen LogP contribution is -2.22. The zero-order valence-corrected chi connectivity index (χ0v) is 18.5. The number of nitrogens with two attached hydrogens (primary N) is 1. The summed E-state index contributed by atoms with van der Waals surface area (Å²) in [5, 5.41) is 6.76. The van der Waals surface area contributed by atoms with E-state index in [4.69, 9.17) is 15.2 Å². The van der Waals surface area contributed by atoms with Crippen LogP contribution in [0.4, 0.5) is 17.6 Å². The molecule has 0 aliphatic heterocycles. The smallest absolute Gasteiger partial charge is 0.232 e. The summed E-state index contributed by atoms with van der Waals surface area (Å²) in [5.74, 6) is 2.68. The van der Waals surface area contributed by atoms with E-state index in [1.54, 1.807) is 14.2 Å². The zero-order chi connectivity index (χ0) is 22.2. The molecule has 3 rings (SSSR count). The number of rotatable bonds is 10. The van der Waals surface area contributed by atoms with Gasteiger partial charge >= 0.3 is 0 Å². The van der Waals surface area contributed by atoms with Crippen LogP contribution in [0.3, 0.4) is 0 Å². The van der Waals surface area contributed by atoms with Crippen LogP contribution in [0.15, 0.2) is 42.5 Å². The number of hydrogen-bond acceptors (Lipinski definition) is 8. The van der Waals surface area contributed by atoms with Gasteiger partial charge in [0.05, 0.1) is 20.8 Å². The van der Waals surface area contributed by atoms with Gasteiger partial charge in [-0.1, -0.05) is 32.0 Å². The van der Waals surface area contributed by atoms with Crippen molar-refractivity contribution in [1.82, 2.24) is 20.3 Å². The predicted octanol–water partition coefficient (Wildman–Crippen LogP) is 4.02. The van der Waals surface area contributed by atoms with Gasteiger partial charge in [-0.15, -0.1) is 0 Å². The molecule has 0 saturated heterocycles. The lowest BCUT2D eigenvalue weighted by atomic mass is 10.0. The Balaban J connectivity index is 1.76. The molecule has 0 radical (unpaired) electrons. The van der Waals surface area contributed by atoms with Gasteiger partial charge in [0, 0.05) is 17.8 Å². The van der Waals surface area contributed by atoms with Crippen LogP contribution in [0, 0.1) is 0 Å². The monoisotopic (exact) mass is 422 g/mol. The van der Waals surface area contributed by atoms with E-state index in [-0.39, 0.29) is 12.0 Å². The Kier molecular flexibility index (Phi) is 7.61. The van der Waals surface area contributed by atoms with Crippen molar-refractivity contribution in [1.29, 1.82) is 0 Å². The van der Waals surface area contributed by atoms with E-state index < -0.39 is 0 Å². The highest BCUT2D eigenvalue weighted by Crippen LogP contribution is 2.28. The molecule has 0 saturated carbocycles. The summed E-state index contributed by atoms with van der Waals surface area (Å²) < 4.78 is 10.8. The molecule has 0 spiro atoms. The summed E-state index contributed by atoms with van der Waals surface area (Å²) in [7, 11) is 3.29. The SMILES string of the molecule is CCc1ccccc1Nc1nc(N)nc(CNC(CC)c2cc(OC)cc(OC)c2)n1. The van der Waals surface area contributed by atoms with Crippen molar-refractivity contribution in [2.75, 3.05) is 25.3 Å². The van der Waals surface area contributed by atoms with Gasteiger partial charge in [-0.2, -0.15) is 15.0 Å². The number of para-hydroxylation sites is 1. The van der Waals surface area contributed by atoms with Crippen LogP contribution in [-0.2, 0) is 13.0 Å². The van der Waals surface area contributed by atoms with Gasteiger partial charge in [-0.3, -0.25) is 0 Å². The molecule has 4 N–H and O–H groups in total. The molecule has 31 heavy (non-hydrogen) atoms. The van der Waals surface area contributed by atoms with E-state index >= 15 is 0 Å². The van der Waals surface area contributed by atoms with Crippen molar-refractivity contribution in [3.63, 3.8) is 0 Å². The molecule has 2 aromatic carbocycles. The third-order valence-electron chi connectivity index (χ3n) is 5.03. The van der Waals surface area contributed by atoms with Gasteiger partial charge in [0.1, 0.15) is 17.3 Å². The molecule has 1 aromatic heterocycles. The molecule has 164 valence electrons. The maximum Gasteiger partial charge on any atom is 0.232 e. The Morgan fingerprint density at radius 1 is 0.968 bits per heavy atom. The van der Waals surface area contributed by atoms with Crippen LogP contribution in [0.1, 0.15) is 43.3 Å². The van der Waals surface area contributed by atoms with Crippen LogP contribution in [-0.4, -0.2) is 29.2 Å². The second kappa shape index (κ2) is 10.6. The van der Waals surface area contributed by atoms with Crippen molar-refractivity contribution in [2.45, 2.75) is 39.3 Å². The highest BCUT2D eigenvalue weighted by Gasteiger charge is 2.14. The quantitative estimate of drug-likeness (QED) is 0.450. The number of methoxy groups -OCH3 is 2. The molecule has 0 fully saturated rings. The fraction of sp³-hybridized carbons (Fsp3) is 0.348. The van der Waals surface area contributed by atoms with Crippen molar-refractivity contribution in [3.05, 3.63) is 59.4 Å². The van der Waals surface area contributed by atoms with Crippen molar-refractivity contribution in [3.8, 4) is 11.5 Å². The third-order valence-corrected chi connectivity index (χ3v) is 5.03. The molecular weight excluding hydrogens is 392 g/mol. The van der Waals surface area contributed by atoms with Crippen LogP contribution >= 0.6 is 0 Å². The summed E-state index contributed by atoms with van der Waals surface area (Å²) in [5.41, 5.74) is 9.15. The first-order valence-electron chi connectivity index (χ1n) is 10.4. The predicted molar refractivity (Wildman–Crippen MR) is 123 cm³/mol. The van der Waals surface area contributed by atoms with Crippen LogP contribution in [0.5, 0.6) is 11.5 Å². The van der Waals surface area contributed by atoms with Gasteiger partial charge in [0.15, 0.2) is 0 Å². The standard InChI is InChI=1S/C23H30N6O2/c1-5-15-9-7-8-10-20(15)26-23-28-21(27-22(24)29-23)14-25-19(6-2)16-11-17(30-3)13-18(12-16)31-4/h7-13,19,25H,5-6,14H2,1-4H3,(H3,24,26,27,28,29). The number of aryl methyl sites for hydroxylation is 1. The number of benzene rings is 2. The number of nitrogen functional groups attached to an aromatic ring is 1. The normalized spacial score (nSPS) is 11.7. The maximum absolute atomic E-state index is 5.95. The minimum absolute atomic E-state index is 0.0687. The number of aromatic nitrogens is 3. The first kappa shape index (κ1) is 22.3. The van der Waals surface area contributed by atoms with E-state index in [2.05, 4.69) is 45.5 Å². The van der Waals surface area contributed by atoms with Crippen LogP contribution < -0.4 is 25.8 Å². The second-order valence-electron chi connectivity index (χ2n) is 7.06. The second-order valence-corrected chi connectivity index (χ2v) is 7.06. The highest BCUT2D eigenvalue weighted by atomic mass is 16.5. The summed E-state index contributed by atoms with van der Waals surface area (Å²) in [6.45, 7) is 4.66. The molecular formula is C23H30N6O2. The van der Waals surface area contributed by atoms with E-state index in [1.807, 2.05) is 36.4 Å². The van der Waals surface area contributed by atoms with Gasteiger partial charge < -0.3 is 25.8 Å². The Morgan fingerprint density at radius 3 is 2.32 bits per heavy atom. The number of hydrogen-bond donors (Lipinski definition) is 3. The van der Waals surface area contributed by atoms with Crippen LogP contribution in [0.2, 0.25) is 0 Å². The topological polar surface area (TPSA) is 107 Å². The first-order chi connectivity index (χ1) is 15.1. The zero-order valence-electron chi connectivity index (χ0n) is 18.5. The lowest BCUT2D eigenvalue weighted by Gasteiger charge is -2.19. The van der Waals surface area contributed by atoms with Gasteiger partial charge in [-0.25, -0.2) is 0 Å². The Labute approximate surface area is 183 Å². The Bertz CT molecular complexity index is 989. The molecule has 8 nitrogen and oxygen atoms in total. The molecule has 0 bridgehead atoms. The molecule has 0 aliphatic carbocycles. The van der Waals surface area contributed by atoms with Gasteiger partial charge in [-0.05, 0) is 42.2 Å². The largest absolute Gasteiger partial charge is 0.497 e. The average molecular weight is 423 g/mol. The summed E-state index contributed by atoms with van der Waals surface area (Å²) >= 11 is 0. The number of nitrogens with zero attached hydrogens (tertiary/aromatic N) is 3. The fourth-order valence-electron chi connectivity index (χ4n) is 3.39. The molecule has 8 heteroatoms. The molecule has 0 aliphatic rings. The lowest BCUT2D eigenvalue weighted by molar-refractivity contribution is 0.390. The molecule has 1 atom stereocenters. The number of ether oxygens (including phenoxy) is 2. The number of anilines is 3. The highest BCUT2D eigenvalue weighted by molar-refractivity contribution is 5.58. The van der Waals surface area contributed by atoms with Crippen molar-refractivity contribution in [2.24, 2.45) is 0 Å². The molecule has 1 unspecified atom stereocenters. The minimum atomic E-state index is 0.0687. The number of nitrogens with one attached hydrogen (secondary N) is 2. The fourth-order valence-corrected chi connectivity index (χ4v) is 3.39. The van der Waals surface area contributed by atoms with E-state index in [9.17, 15) is 0 Å². The van der Waals surface area contributed by atoms with Gasteiger partial charge in [0.25, 0.3) is 0 Å². The van der Waals surface area contributed by atoms with E-state index in [0.29, 0.717) is 18.3 Å². The summed E-state index contributed by atoms with van der Waals surface area (Å²) in [6.07, 6.45) is 1.77. The summed E-state index contributed by atoms with van der Waals surface area (Å²) in [4.78, 5) is 13.1. The van der Waals surface area contributed by atoms with E-state index in [0.717, 1.165) is 35.6 Å². The molecule has 3 aromatic rings.